The second kappa shape index (κ2) is 7.35. The van der Waals surface area contributed by atoms with Crippen molar-refractivity contribution in [2.45, 2.75) is 57.2 Å². The Hall–Kier alpha value is -1.21. The standard InChI is InChI=1S/C17H26F2N2O2S/c1-17(2,3)24(22,23)21-13-9-7-12(8-10-13)11-20-16-14(18)5-4-6-15(16)19/h4-6,12-13,20-21H,7-11H2,1-3H3. The lowest BCUT2D eigenvalue weighted by Gasteiger charge is -2.31. The zero-order valence-corrected chi connectivity index (χ0v) is 15.2. The molecule has 24 heavy (non-hydrogen) atoms. The molecule has 1 saturated carbocycles. The molecule has 1 aliphatic carbocycles. The molecular formula is C17H26F2N2O2S. The van der Waals surface area contributed by atoms with Gasteiger partial charge in [-0.3, -0.25) is 0 Å². The van der Waals surface area contributed by atoms with Crippen molar-refractivity contribution >= 4 is 15.7 Å². The highest BCUT2D eigenvalue weighted by atomic mass is 32.2. The normalized spacial score (nSPS) is 22.4. The predicted molar refractivity (Wildman–Crippen MR) is 92.4 cm³/mol. The molecule has 1 fully saturated rings. The predicted octanol–water partition coefficient (Wildman–Crippen LogP) is 3.65. The lowest BCUT2D eigenvalue weighted by molar-refractivity contribution is 0.322. The van der Waals surface area contributed by atoms with Gasteiger partial charge in [-0.1, -0.05) is 6.07 Å². The topological polar surface area (TPSA) is 58.2 Å². The fraction of sp³-hybridized carbons (Fsp3) is 0.647. The number of sulfonamides is 1. The van der Waals surface area contributed by atoms with Crippen molar-refractivity contribution in [2.75, 3.05) is 11.9 Å². The van der Waals surface area contributed by atoms with E-state index in [2.05, 4.69) is 10.0 Å². The molecular weight excluding hydrogens is 334 g/mol. The van der Waals surface area contributed by atoms with Gasteiger partial charge in [0.05, 0.1) is 4.75 Å². The second-order valence-electron chi connectivity index (χ2n) is 7.43. The molecule has 0 unspecified atom stereocenters. The smallest absolute Gasteiger partial charge is 0.216 e. The minimum atomic E-state index is -3.35. The number of para-hydroxylation sites is 1. The van der Waals surface area contributed by atoms with E-state index in [1.54, 1.807) is 20.8 Å². The summed E-state index contributed by atoms with van der Waals surface area (Å²) in [5, 5.41) is 2.85. The van der Waals surface area contributed by atoms with Crippen LogP contribution >= 0.6 is 0 Å². The van der Waals surface area contributed by atoms with E-state index in [1.807, 2.05) is 0 Å². The van der Waals surface area contributed by atoms with Crippen molar-refractivity contribution in [3.63, 3.8) is 0 Å². The Balaban J connectivity index is 1.83. The Morgan fingerprint density at radius 1 is 1.08 bits per heavy atom. The molecule has 0 saturated heterocycles. The van der Waals surface area contributed by atoms with E-state index >= 15 is 0 Å². The van der Waals surface area contributed by atoms with Crippen molar-refractivity contribution in [2.24, 2.45) is 5.92 Å². The minimum absolute atomic E-state index is 0.0596. The molecule has 1 aromatic carbocycles. The quantitative estimate of drug-likeness (QED) is 0.843. The van der Waals surface area contributed by atoms with E-state index in [-0.39, 0.29) is 17.6 Å². The minimum Gasteiger partial charge on any atom is -0.380 e. The van der Waals surface area contributed by atoms with Crippen LogP contribution in [0.3, 0.4) is 0 Å². The summed E-state index contributed by atoms with van der Waals surface area (Å²) in [6.07, 6.45) is 3.11. The molecule has 0 bridgehead atoms. The summed E-state index contributed by atoms with van der Waals surface area (Å²) in [5.41, 5.74) is -0.0898. The highest BCUT2D eigenvalue weighted by molar-refractivity contribution is 7.90. The van der Waals surface area contributed by atoms with Crippen LogP contribution in [0.5, 0.6) is 0 Å². The van der Waals surface area contributed by atoms with Crippen LogP contribution in [0.1, 0.15) is 46.5 Å². The zero-order valence-electron chi connectivity index (χ0n) is 14.4. The first kappa shape index (κ1) is 19.1. The van der Waals surface area contributed by atoms with Gasteiger partial charge >= 0.3 is 0 Å². The van der Waals surface area contributed by atoms with Gasteiger partial charge in [0, 0.05) is 12.6 Å². The van der Waals surface area contributed by atoms with Gasteiger partial charge in [0.2, 0.25) is 10.0 Å². The van der Waals surface area contributed by atoms with Crippen LogP contribution in [0.2, 0.25) is 0 Å². The van der Waals surface area contributed by atoms with Gasteiger partial charge < -0.3 is 5.32 Å². The van der Waals surface area contributed by atoms with Gasteiger partial charge in [0.25, 0.3) is 0 Å². The van der Waals surface area contributed by atoms with Gasteiger partial charge in [-0.25, -0.2) is 21.9 Å². The maximum atomic E-state index is 13.6. The molecule has 0 spiro atoms. The van der Waals surface area contributed by atoms with Gasteiger partial charge in [-0.2, -0.15) is 0 Å². The molecule has 0 atom stereocenters. The van der Waals surface area contributed by atoms with Crippen LogP contribution in [-0.4, -0.2) is 25.8 Å². The van der Waals surface area contributed by atoms with Crippen LogP contribution in [0, 0.1) is 17.6 Å². The summed E-state index contributed by atoms with van der Waals surface area (Å²) in [6.45, 7) is 5.51. The molecule has 0 aliphatic heterocycles. The molecule has 0 amide bonds. The summed E-state index contributed by atoms with van der Waals surface area (Å²) >= 11 is 0. The van der Waals surface area contributed by atoms with Crippen molar-refractivity contribution in [3.05, 3.63) is 29.8 Å². The van der Waals surface area contributed by atoms with Crippen molar-refractivity contribution < 1.29 is 17.2 Å². The van der Waals surface area contributed by atoms with Crippen LogP contribution in [-0.2, 0) is 10.0 Å². The van der Waals surface area contributed by atoms with E-state index in [0.29, 0.717) is 6.54 Å². The molecule has 4 nitrogen and oxygen atoms in total. The third-order valence-corrected chi connectivity index (χ3v) is 6.76. The first-order valence-electron chi connectivity index (χ1n) is 8.30. The first-order valence-corrected chi connectivity index (χ1v) is 9.78. The number of hydrogen-bond acceptors (Lipinski definition) is 3. The van der Waals surface area contributed by atoms with Gasteiger partial charge in [0.15, 0.2) is 0 Å². The molecule has 1 aliphatic rings. The molecule has 2 rings (SSSR count). The first-order chi connectivity index (χ1) is 11.1. The van der Waals surface area contributed by atoms with Gasteiger partial charge in [0.1, 0.15) is 17.3 Å². The monoisotopic (exact) mass is 360 g/mol. The number of benzene rings is 1. The average molecular weight is 360 g/mol. The van der Waals surface area contributed by atoms with Crippen molar-refractivity contribution in [1.29, 1.82) is 0 Å². The molecule has 0 heterocycles. The lowest BCUT2D eigenvalue weighted by atomic mass is 9.86. The highest BCUT2D eigenvalue weighted by Gasteiger charge is 2.32. The van der Waals surface area contributed by atoms with E-state index in [9.17, 15) is 17.2 Å². The molecule has 1 aromatic rings. The number of halogens is 2. The fourth-order valence-corrected chi connectivity index (χ4v) is 3.82. The molecule has 0 radical (unpaired) electrons. The third kappa shape index (κ3) is 4.66. The average Bonchev–Trinajstić information content (AvgIpc) is 2.47. The summed E-state index contributed by atoms with van der Waals surface area (Å²) in [6, 6.07) is 3.73. The van der Waals surface area contributed by atoms with Crippen LogP contribution in [0.15, 0.2) is 18.2 Å². The number of anilines is 1. The summed E-state index contributed by atoms with van der Waals surface area (Å²) in [5.74, 6) is -0.914. The maximum absolute atomic E-state index is 13.6. The van der Waals surface area contributed by atoms with Crippen LogP contribution < -0.4 is 10.0 Å². The fourth-order valence-electron chi connectivity index (χ4n) is 2.79. The van der Waals surface area contributed by atoms with E-state index < -0.39 is 26.4 Å². The van der Waals surface area contributed by atoms with Crippen molar-refractivity contribution in [1.82, 2.24) is 4.72 Å². The van der Waals surface area contributed by atoms with Crippen LogP contribution in [0.25, 0.3) is 0 Å². The third-order valence-electron chi connectivity index (χ3n) is 4.51. The number of hydrogen-bond donors (Lipinski definition) is 2. The van der Waals surface area contributed by atoms with Gasteiger partial charge in [-0.15, -0.1) is 0 Å². The summed E-state index contributed by atoms with van der Waals surface area (Å²) in [7, 11) is -3.35. The Morgan fingerprint density at radius 3 is 2.12 bits per heavy atom. The Bertz CT molecular complexity index is 643. The molecule has 7 heteroatoms. The molecule has 136 valence electrons. The van der Waals surface area contributed by atoms with Crippen LogP contribution in [0.4, 0.5) is 14.5 Å². The number of nitrogens with one attached hydrogen (secondary N) is 2. The van der Waals surface area contributed by atoms with Gasteiger partial charge in [-0.05, 0) is 64.5 Å². The van der Waals surface area contributed by atoms with E-state index in [1.165, 1.54) is 18.2 Å². The number of rotatable bonds is 5. The summed E-state index contributed by atoms with van der Waals surface area (Å²) < 4.78 is 53.5. The highest BCUT2D eigenvalue weighted by Crippen LogP contribution is 2.27. The zero-order chi connectivity index (χ0) is 18.0. The largest absolute Gasteiger partial charge is 0.380 e. The Morgan fingerprint density at radius 2 is 1.62 bits per heavy atom. The summed E-state index contributed by atoms with van der Waals surface area (Å²) in [4.78, 5) is 0. The van der Waals surface area contributed by atoms with Crippen molar-refractivity contribution in [3.8, 4) is 0 Å². The second-order valence-corrected chi connectivity index (χ2v) is 9.90. The molecule has 2 N–H and O–H groups in total. The lowest BCUT2D eigenvalue weighted by Crippen LogP contribution is -2.46. The maximum Gasteiger partial charge on any atom is 0.216 e. The molecule has 0 aromatic heterocycles. The van der Waals surface area contributed by atoms with E-state index in [4.69, 9.17) is 0 Å². The Kier molecular flexibility index (Phi) is 5.86. The van der Waals surface area contributed by atoms with E-state index in [0.717, 1.165) is 25.7 Å². The Labute approximate surface area is 143 Å². The SMILES string of the molecule is CC(C)(C)S(=O)(=O)NC1CCC(CNc2c(F)cccc2F)CC1.